The van der Waals surface area contributed by atoms with Crippen LogP contribution in [0.4, 0.5) is 0 Å². The number of nitrogens with one attached hydrogen (secondary N) is 1. The second-order valence-electron chi connectivity index (χ2n) is 4.28. The Morgan fingerprint density at radius 2 is 2.17 bits per heavy atom. The molecule has 2 fully saturated rings. The minimum absolute atomic E-state index is 0.269. The van der Waals surface area contributed by atoms with Crippen molar-refractivity contribution in [2.24, 2.45) is 11.8 Å². The zero-order chi connectivity index (χ0) is 8.55. The third-order valence-corrected chi connectivity index (χ3v) is 3.47. The van der Waals surface area contributed by atoms with Crippen LogP contribution in [0, 0.1) is 11.8 Å². The van der Waals surface area contributed by atoms with Crippen LogP contribution in [0.25, 0.3) is 0 Å². The van der Waals surface area contributed by atoms with E-state index in [0.717, 1.165) is 24.7 Å². The molecule has 2 rings (SSSR count). The first kappa shape index (κ1) is 8.09. The first-order valence-corrected chi connectivity index (χ1v) is 5.07. The van der Waals surface area contributed by atoms with E-state index in [-0.39, 0.29) is 5.91 Å². The molecule has 1 aliphatic carbocycles. The molecule has 1 saturated carbocycles. The maximum Gasteiger partial charge on any atom is 0.220 e. The van der Waals surface area contributed by atoms with Gasteiger partial charge >= 0.3 is 0 Å². The third-order valence-electron chi connectivity index (χ3n) is 3.47. The molecular weight excluding hydrogens is 150 g/mol. The Labute approximate surface area is 73.7 Å². The maximum absolute atomic E-state index is 11.1. The molecule has 2 heteroatoms. The topological polar surface area (TPSA) is 29.1 Å². The molecule has 1 heterocycles. The highest BCUT2D eigenvalue weighted by atomic mass is 16.1. The van der Waals surface area contributed by atoms with E-state index in [2.05, 4.69) is 12.2 Å². The SMILES string of the molecule is C[C@@H]1CCC[C@H]2NC(=O)CC[C@@H]12. The van der Waals surface area contributed by atoms with Crippen molar-refractivity contribution < 1.29 is 4.79 Å². The number of fused-ring (bicyclic) bond motifs is 1. The van der Waals surface area contributed by atoms with Gasteiger partial charge in [0.1, 0.15) is 0 Å². The van der Waals surface area contributed by atoms with Gasteiger partial charge in [-0.25, -0.2) is 0 Å². The Bertz CT molecular complexity index is 190. The van der Waals surface area contributed by atoms with Crippen LogP contribution in [0.5, 0.6) is 0 Å². The number of piperidine rings is 1. The molecule has 1 N–H and O–H groups in total. The second-order valence-corrected chi connectivity index (χ2v) is 4.28. The van der Waals surface area contributed by atoms with Gasteiger partial charge in [0.25, 0.3) is 0 Å². The van der Waals surface area contributed by atoms with Crippen LogP contribution >= 0.6 is 0 Å². The Balaban J connectivity index is 2.04. The summed E-state index contributed by atoms with van der Waals surface area (Å²) in [4.78, 5) is 11.1. The van der Waals surface area contributed by atoms with Gasteiger partial charge in [0.2, 0.25) is 5.91 Å². The maximum atomic E-state index is 11.1. The fraction of sp³-hybridized carbons (Fsp3) is 0.900. The van der Waals surface area contributed by atoms with E-state index in [9.17, 15) is 4.79 Å². The van der Waals surface area contributed by atoms with Crippen molar-refractivity contribution in [2.45, 2.75) is 45.1 Å². The minimum Gasteiger partial charge on any atom is -0.353 e. The molecule has 0 aromatic heterocycles. The summed E-state index contributed by atoms with van der Waals surface area (Å²) in [7, 11) is 0. The molecule has 12 heavy (non-hydrogen) atoms. The zero-order valence-electron chi connectivity index (χ0n) is 7.68. The van der Waals surface area contributed by atoms with Crippen LogP contribution < -0.4 is 5.32 Å². The average Bonchev–Trinajstić information content (AvgIpc) is 2.04. The van der Waals surface area contributed by atoms with E-state index in [1.807, 2.05) is 0 Å². The van der Waals surface area contributed by atoms with E-state index in [4.69, 9.17) is 0 Å². The normalized spacial score (nSPS) is 41.8. The lowest BCUT2D eigenvalue weighted by Gasteiger charge is -2.40. The largest absolute Gasteiger partial charge is 0.353 e. The molecule has 3 atom stereocenters. The summed E-state index contributed by atoms with van der Waals surface area (Å²) >= 11 is 0. The number of rotatable bonds is 0. The summed E-state index contributed by atoms with van der Waals surface area (Å²) in [6.45, 7) is 2.33. The van der Waals surface area contributed by atoms with Crippen LogP contribution in [-0.4, -0.2) is 11.9 Å². The minimum atomic E-state index is 0.269. The third kappa shape index (κ3) is 1.35. The Kier molecular flexibility index (Phi) is 2.07. The van der Waals surface area contributed by atoms with E-state index in [1.54, 1.807) is 0 Å². The van der Waals surface area contributed by atoms with Crippen LogP contribution in [0.15, 0.2) is 0 Å². The molecule has 0 aromatic rings. The van der Waals surface area contributed by atoms with E-state index < -0.39 is 0 Å². The van der Waals surface area contributed by atoms with Gasteiger partial charge in [0.05, 0.1) is 0 Å². The lowest BCUT2D eigenvalue weighted by Crippen LogP contribution is -2.48. The summed E-state index contributed by atoms with van der Waals surface area (Å²) < 4.78 is 0. The highest BCUT2D eigenvalue weighted by Crippen LogP contribution is 2.35. The number of amides is 1. The van der Waals surface area contributed by atoms with Gasteiger partial charge in [-0.15, -0.1) is 0 Å². The smallest absolute Gasteiger partial charge is 0.220 e. The molecule has 1 saturated heterocycles. The molecule has 0 spiro atoms. The molecule has 0 radical (unpaired) electrons. The summed E-state index contributed by atoms with van der Waals surface area (Å²) in [5.74, 6) is 1.87. The lowest BCUT2D eigenvalue weighted by molar-refractivity contribution is -0.125. The number of carbonyl (C=O) groups is 1. The van der Waals surface area contributed by atoms with E-state index >= 15 is 0 Å². The molecule has 2 nitrogen and oxygen atoms in total. The van der Waals surface area contributed by atoms with Crippen LogP contribution in [-0.2, 0) is 4.79 Å². The van der Waals surface area contributed by atoms with Crippen molar-refractivity contribution in [3.8, 4) is 0 Å². The predicted molar refractivity (Wildman–Crippen MR) is 47.7 cm³/mol. The van der Waals surface area contributed by atoms with Crippen LogP contribution in [0.1, 0.15) is 39.0 Å². The Morgan fingerprint density at radius 3 is 3.00 bits per heavy atom. The average molecular weight is 167 g/mol. The number of hydrogen-bond donors (Lipinski definition) is 1. The summed E-state index contributed by atoms with van der Waals surface area (Å²) in [5.41, 5.74) is 0. The molecule has 0 unspecified atom stereocenters. The first-order valence-electron chi connectivity index (χ1n) is 5.07. The van der Waals surface area contributed by atoms with Crippen LogP contribution in [0.2, 0.25) is 0 Å². The van der Waals surface area contributed by atoms with Crippen molar-refractivity contribution in [3.63, 3.8) is 0 Å². The quantitative estimate of drug-likeness (QED) is 0.584. The molecule has 1 aliphatic heterocycles. The predicted octanol–water partition coefficient (Wildman–Crippen LogP) is 1.70. The van der Waals surface area contributed by atoms with Crippen molar-refractivity contribution in [2.75, 3.05) is 0 Å². The van der Waals surface area contributed by atoms with Gasteiger partial charge in [0, 0.05) is 12.5 Å². The van der Waals surface area contributed by atoms with Crippen molar-refractivity contribution in [3.05, 3.63) is 0 Å². The number of carbonyl (C=O) groups excluding carboxylic acids is 1. The molecule has 0 bridgehead atoms. The Hall–Kier alpha value is -0.530. The van der Waals surface area contributed by atoms with Crippen molar-refractivity contribution in [1.29, 1.82) is 0 Å². The van der Waals surface area contributed by atoms with Crippen molar-refractivity contribution in [1.82, 2.24) is 5.32 Å². The van der Waals surface area contributed by atoms with Gasteiger partial charge in [0.15, 0.2) is 0 Å². The zero-order valence-corrected chi connectivity index (χ0v) is 7.68. The fourth-order valence-corrected chi connectivity index (χ4v) is 2.73. The summed E-state index contributed by atoms with van der Waals surface area (Å²) in [6.07, 6.45) is 5.74. The van der Waals surface area contributed by atoms with E-state index in [1.165, 1.54) is 19.3 Å². The van der Waals surface area contributed by atoms with Crippen LogP contribution in [0.3, 0.4) is 0 Å². The fourth-order valence-electron chi connectivity index (χ4n) is 2.73. The number of hydrogen-bond acceptors (Lipinski definition) is 1. The van der Waals surface area contributed by atoms with Gasteiger partial charge in [-0.2, -0.15) is 0 Å². The molecule has 0 aromatic carbocycles. The summed E-state index contributed by atoms with van der Waals surface area (Å²) in [6, 6.07) is 0.509. The van der Waals surface area contributed by atoms with Gasteiger partial charge in [-0.1, -0.05) is 19.8 Å². The highest BCUT2D eigenvalue weighted by Gasteiger charge is 2.34. The van der Waals surface area contributed by atoms with Gasteiger partial charge in [-0.3, -0.25) is 4.79 Å². The molecule has 68 valence electrons. The second kappa shape index (κ2) is 3.08. The molecular formula is C10H17NO. The molecule has 1 amide bonds. The monoisotopic (exact) mass is 167 g/mol. The standard InChI is InChI=1S/C10H17NO/c1-7-3-2-4-9-8(7)5-6-10(12)11-9/h7-9H,2-6H2,1H3,(H,11,12)/t7-,8+,9-/m1/s1. The van der Waals surface area contributed by atoms with Gasteiger partial charge in [-0.05, 0) is 24.7 Å². The summed E-state index contributed by atoms with van der Waals surface area (Å²) in [5, 5.41) is 3.11. The van der Waals surface area contributed by atoms with Crippen molar-refractivity contribution >= 4 is 5.91 Å². The highest BCUT2D eigenvalue weighted by molar-refractivity contribution is 5.77. The van der Waals surface area contributed by atoms with E-state index in [0.29, 0.717) is 6.04 Å². The lowest BCUT2D eigenvalue weighted by atomic mass is 9.73. The van der Waals surface area contributed by atoms with Gasteiger partial charge < -0.3 is 5.32 Å². The molecule has 2 aliphatic rings. The first-order chi connectivity index (χ1) is 5.77. The Morgan fingerprint density at radius 1 is 1.33 bits per heavy atom.